The molecule has 0 spiro atoms. The van der Waals surface area contributed by atoms with Crippen LogP contribution in [0.1, 0.15) is 36.9 Å². The number of hydrogen-bond donors (Lipinski definition) is 1. The third-order valence-electron chi connectivity index (χ3n) is 4.57. The maximum Gasteiger partial charge on any atom is 0.234 e. The quantitative estimate of drug-likeness (QED) is 0.552. The number of para-hydroxylation sites is 1. The van der Waals surface area contributed by atoms with Crippen LogP contribution in [-0.4, -0.2) is 26.4 Å². The van der Waals surface area contributed by atoms with Gasteiger partial charge in [-0.05, 0) is 44.0 Å². The summed E-state index contributed by atoms with van der Waals surface area (Å²) in [5, 5.41) is 12.1. The lowest BCUT2D eigenvalue weighted by atomic mass is 10.1. The van der Waals surface area contributed by atoms with Gasteiger partial charge in [0.2, 0.25) is 5.91 Å². The lowest BCUT2D eigenvalue weighted by Crippen LogP contribution is -2.16. The molecule has 152 valence electrons. The fourth-order valence-corrected chi connectivity index (χ4v) is 3.66. The fraction of sp³-hybridized carbons (Fsp3) is 0.318. The first-order valence-electron chi connectivity index (χ1n) is 9.61. The van der Waals surface area contributed by atoms with Crippen LogP contribution in [0.2, 0.25) is 0 Å². The van der Waals surface area contributed by atoms with Crippen LogP contribution in [-0.2, 0) is 18.3 Å². The van der Waals surface area contributed by atoms with E-state index >= 15 is 0 Å². The molecular formula is C22H26N4O2S. The van der Waals surface area contributed by atoms with E-state index in [1.165, 1.54) is 17.3 Å². The van der Waals surface area contributed by atoms with Crippen LogP contribution in [0, 0.1) is 6.92 Å². The number of carbonyl (C=O) groups excluding carboxylic acids is 1. The molecule has 1 amide bonds. The molecule has 0 aliphatic carbocycles. The van der Waals surface area contributed by atoms with E-state index in [0.29, 0.717) is 11.0 Å². The molecule has 3 aromatic rings. The summed E-state index contributed by atoms with van der Waals surface area (Å²) in [6, 6.07) is 15.7. The Morgan fingerprint density at radius 2 is 1.90 bits per heavy atom. The molecule has 1 heterocycles. The fourth-order valence-electron chi connectivity index (χ4n) is 2.95. The van der Waals surface area contributed by atoms with Crippen molar-refractivity contribution in [3.63, 3.8) is 0 Å². The Balaban J connectivity index is 1.59. The number of carbonyl (C=O) groups is 1. The van der Waals surface area contributed by atoms with Crippen molar-refractivity contribution < 1.29 is 9.53 Å². The molecule has 0 aliphatic rings. The predicted octanol–water partition coefficient (Wildman–Crippen LogP) is 4.56. The van der Waals surface area contributed by atoms with Crippen LogP contribution < -0.4 is 10.1 Å². The van der Waals surface area contributed by atoms with Crippen LogP contribution in [0.5, 0.6) is 5.75 Å². The van der Waals surface area contributed by atoms with Gasteiger partial charge in [-0.3, -0.25) is 4.79 Å². The standard InChI is InChI=1S/C22H26N4O2S/c1-5-17-8-6-7-9-19(17)23-20(27)14-29-22-25-24-21(26(22)4)16(3)28-18-12-10-15(2)11-13-18/h6-13,16H,5,14H2,1-4H3,(H,23,27). The highest BCUT2D eigenvalue weighted by Gasteiger charge is 2.18. The number of thioether (sulfide) groups is 1. The van der Waals surface area contributed by atoms with Gasteiger partial charge in [0.1, 0.15) is 5.75 Å². The van der Waals surface area contributed by atoms with Crippen LogP contribution in [0.25, 0.3) is 0 Å². The number of nitrogens with one attached hydrogen (secondary N) is 1. The van der Waals surface area contributed by atoms with Crippen LogP contribution in [0.3, 0.4) is 0 Å². The summed E-state index contributed by atoms with van der Waals surface area (Å²) in [5.74, 6) is 1.69. The minimum atomic E-state index is -0.255. The van der Waals surface area contributed by atoms with E-state index in [2.05, 4.69) is 22.4 Å². The zero-order valence-electron chi connectivity index (χ0n) is 17.2. The molecule has 2 aromatic carbocycles. The molecule has 1 N–H and O–H groups in total. The number of benzene rings is 2. The highest BCUT2D eigenvalue weighted by atomic mass is 32.2. The van der Waals surface area contributed by atoms with Crippen molar-refractivity contribution >= 4 is 23.4 Å². The Hall–Kier alpha value is -2.80. The van der Waals surface area contributed by atoms with E-state index in [9.17, 15) is 4.79 Å². The van der Waals surface area contributed by atoms with Gasteiger partial charge in [0.05, 0.1) is 5.75 Å². The zero-order chi connectivity index (χ0) is 20.8. The van der Waals surface area contributed by atoms with Crippen molar-refractivity contribution in [1.82, 2.24) is 14.8 Å². The van der Waals surface area contributed by atoms with Crippen molar-refractivity contribution in [2.45, 2.75) is 38.5 Å². The van der Waals surface area contributed by atoms with Gasteiger partial charge < -0.3 is 14.6 Å². The molecule has 29 heavy (non-hydrogen) atoms. The van der Waals surface area contributed by atoms with Crippen LogP contribution in [0.4, 0.5) is 5.69 Å². The van der Waals surface area contributed by atoms with Gasteiger partial charge in [0.25, 0.3) is 0 Å². The Labute approximate surface area is 175 Å². The smallest absolute Gasteiger partial charge is 0.234 e. The first-order valence-corrected chi connectivity index (χ1v) is 10.6. The molecule has 0 saturated carbocycles. The summed E-state index contributed by atoms with van der Waals surface area (Å²) >= 11 is 1.36. The molecule has 7 heteroatoms. The minimum Gasteiger partial charge on any atom is -0.483 e. The summed E-state index contributed by atoms with van der Waals surface area (Å²) in [4.78, 5) is 12.4. The largest absolute Gasteiger partial charge is 0.483 e. The van der Waals surface area contributed by atoms with Crippen molar-refractivity contribution in [2.24, 2.45) is 7.05 Å². The number of anilines is 1. The number of hydrogen-bond acceptors (Lipinski definition) is 5. The summed E-state index contributed by atoms with van der Waals surface area (Å²) in [5.41, 5.74) is 3.16. The van der Waals surface area contributed by atoms with E-state index in [4.69, 9.17) is 4.74 Å². The number of aryl methyl sites for hydroxylation is 2. The Bertz CT molecular complexity index is 969. The number of ether oxygens (including phenoxy) is 1. The molecule has 0 fully saturated rings. The number of nitrogens with zero attached hydrogens (tertiary/aromatic N) is 3. The van der Waals surface area contributed by atoms with Crippen LogP contribution >= 0.6 is 11.8 Å². The normalized spacial score (nSPS) is 11.9. The second kappa shape index (κ2) is 9.60. The van der Waals surface area contributed by atoms with Gasteiger partial charge in [-0.25, -0.2) is 0 Å². The molecule has 3 rings (SSSR count). The van der Waals surface area contributed by atoms with Crippen molar-refractivity contribution in [2.75, 3.05) is 11.1 Å². The molecule has 1 atom stereocenters. The first-order chi connectivity index (χ1) is 14.0. The summed E-state index contributed by atoms with van der Waals surface area (Å²) in [6.07, 6.45) is 0.615. The highest BCUT2D eigenvalue weighted by molar-refractivity contribution is 7.99. The monoisotopic (exact) mass is 410 g/mol. The molecule has 6 nitrogen and oxygen atoms in total. The first kappa shape index (κ1) is 20.9. The molecule has 0 bridgehead atoms. The lowest BCUT2D eigenvalue weighted by Gasteiger charge is -2.14. The number of amides is 1. The maximum absolute atomic E-state index is 12.4. The van der Waals surface area contributed by atoms with Crippen molar-refractivity contribution in [3.05, 3.63) is 65.5 Å². The van der Waals surface area contributed by atoms with Crippen molar-refractivity contribution in [3.8, 4) is 5.75 Å². The lowest BCUT2D eigenvalue weighted by molar-refractivity contribution is -0.113. The van der Waals surface area contributed by atoms with E-state index in [1.807, 2.05) is 74.0 Å². The molecule has 0 aliphatic heterocycles. The Morgan fingerprint density at radius 3 is 2.62 bits per heavy atom. The summed E-state index contributed by atoms with van der Waals surface area (Å²) in [7, 11) is 1.89. The van der Waals surface area contributed by atoms with Gasteiger partial charge in [0.15, 0.2) is 17.1 Å². The second-order valence-corrected chi connectivity index (χ2v) is 7.76. The summed E-state index contributed by atoms with van der Waals surface area (Å²) in [6.45, 7) is 6.05. The van der Waals surface area contributed by atoms with Gasteiger partial charge in [0, 0.05) is 12.7 Å². The molecule has 0 saturated heterocycles. The second-order valence-electron chi connectivity index (χ2n) is 6.82. The molecule has 1 aromatic heterocycles. The van der Waals surface area contributed by atoms with E-state index < -0.39 is 0 Å². The van der Waals surface area contributed by atoms with Crippen LogP contribution in [0.15, 0.2) is 53.7 Å². The average Bonchev–Trinajstić information content (AvgIpc) is 3.09. The topological polar surface area (TPSA) is 69.0 Å². The van der Waals surface area contributed by atoms with Gasteiger partial charge in [-0.15, -0.1) is 10.2 Å². The molecule has 1 unspecified atom stereocenters. The molecule has 0 radical (unpaired) electrons. The zero-order valence-corrected chi connectivity index (χ0v) is 18.0. The van der Waals surface area contributed by atoms with E-state index in [0.717, 1.165) is 23.4 Å². The number of aromatic nitrogens is 3. The number of rotatable bonds is 8. The third kappa shape index (κ3) is 5.38. The minimum absolute atomic E-state index is 0.0654. The third-order valence-corrected chi connectivity index (χ3v) is 5.59. The van der Waals surface area contributed by atoms with Gasteiger partial charge in [-0.2, -0.15) is 0 Å². The van der Waals surface area contributed by atoms with Crippen molar-refractivity contribution in [1.29, 1.82) is 0 Å². The maximum atomic E-state index is 12.4. The Morgan fingerprint density at radius 1 is 1.17 bits per heavy atom. The molecular weight excluding hydrogens is 384 g/mol. The Kier molecular flexibility index (Phi) is 6.93. The van der Waals surface area contributed by atoms with Gasteiger partial charge in [-0.1, -0.05) is 54.6 Å². The average molecular weight is 411 g/mol. The van der Waals surface area contributed by atoms with E-state index in [1.54, 1.807) is 0 Å². The predicted molar refractivity (Wildman–Crippen MR) is 116 cm³/mol. The van der Waals surface area contributed by atoms with E-state index in [-0.39, 0.29) is 17.8 Å². The highest BCUT2D eigenvalue weighted by Crippen LogP contribution is 2.24. The SMILES string of the molecule is CCc1ccccc1NC(=O)CSc1nnc(C(C)Oc2ccc(C)cc2)n1C. The van der Waals surface area contributed by atoms with Gasteiger partial charge >= 0.3 is 0 Å². The summed E-state index contributed by atoms with van der Waals surface area (Å²) < 4.78 is 7.84.